The molecule has 3 rings (SSSR count). The van der Waals surface area contributed by atoms with Gasteiger partial charge in [0.15, 0.2) is 0 Å². The Kier molecular flexibility index (Phi) is 3.76. The van der Waals surface area contributed by atoms with E-state index in [0.717, 1.165) is 22.7 Å². The maximum atomic E-state index is 12.6. The predicted molar refractivity (Wildman–Crippen MR) is 90.0 cm³/mol. The van der Waals surface area contributed by atoms with Crippen LogP contribution < -0.4 is 14.4 Å². The summed E-state index contributed by atoms with van der Waals surface area (Å²) in [7, 11) is 3.28. The Labute approximate surface area is 136 Å². The van der Waals surface area contributed by atoms with Gasteiger partial charge in [-0.25, -0.2) is 0 Å². The summed E-state index contributed by atoms with van der Waals surface area (Å²) in [5.41, 5.74) is 1.57. The highest BCUT2D eigenvalue weighted by atomic mass is 16.5. The maximum Gasteiger partial charge on any atom is 0.235 e. The quantitative estimate of drug-likeness (QED) is 0.806. The smallest absolute Gasteiger partial charge is 0.235 e. The fraction of sp³-hybridized carbons (Fsp3) is 0.316. The van der Waals surface area contributed by atoms with Crippen LogP contribution in [0.15, 0.2) is 48.5 Å². The van der Waals surface area contributed by atoms with Gasteiger partial charge in [0.2, 0.25) is 5.91 Å². The van der Waals surface area contributed by atoms with E-state index in [4.69, 9.17) is 9.47 Å². The van der Waals surface area contributed by atoms with Gasteiger partial charge in [-0.1, -0.05) is 12.1 Å². The van der Waals surface area contributed by atoms with Gasteiger partial charge in [0, 0.05) is 5.69 Å². The molecule has 1 atom stereocenters. The minimum Gasteiger partial charge on any atom is -0.497 e. The minimum absolute atomic E-state index is 0.00861. The minimum atomic E-state index is -0.422. The van der Waals surface area contributed by atoms with Gasteiger partial charge in [-0.05, 0) is 55.8 Å². The fourth-order valence-electron chi connectivity index (χ4n) is 3.16. The normalized spacial score (nSPS) is 19.2. The van der Waals surface area contributed by atoms with Crippen molar-refractivity contribution in [2.45, 2.75) is 19.9 Å². The van der Waals surface area contributed by atoms with E-state index >= 15 is 0 Å². The van der Waals surface area contributed by atoms with Crippen LogP contribution in [0, 0.1) is 5.41 Å². The zero-order valence-electron chi connectivity index (χ0n) is 13.9. The topological polar surface area (TPSA) is 38.8 Å². The summed E-state index contributed by atoms with van der Waals surface area (Å²) in [4.78, 5) is 14.5. The summed E-state index contributed by atoms with van der Waals surface area (Å²) in [5, 5.41) is 0. The Morgan fingerprint density at radius 1 is 0.870 bits per heavy atom. The molecule has 1 saturated heterocycles. The molecule has 0 N–H and O–H groups in total. The van der Waals surface area contributed by atoms with Crippen LogP contribution in [0.1, 0.15) is 25.5 Å². The van der Waals surface area contributed by atoms with E-state index < -0.39 is 5.41 Å². The van der Waals surface area contributed by atoms with E-state index in [2.05, 4.69) is 0 Å². The highest BCUT2D eigenvalue weighted by Crippen LogP contribution is 2.51. The summed E-state index contributed by atoms with van der Waals surface area (Å²) < 4.78 is 10.4. The number of benzene rings is 2. The first-order valence-electron chi connectivity index (χ1n) is 7.60. The standard InChI is InChI=1S/C19H21NO3/c1-19(2)17(13-5-9-15(22-3)10-6-13)20(18(19)21)14-7-11-16(23-4)12-8-14/h5-12,17H,1-4H3. The lowest BCUT2D eigenvalue weighted by molar-refractivity contribution is -0.137. The van der Waals surface area contributed by atoms with Crippen LogP contribution in [-0.4, -0.2) is 20.1 Å². The lowest BCUT2D eigenvalue weighted by atomic mass is 9.70. The highest BCUT2D eigenvalue weighted by Gasteiger charge is 2.55. The molecule has 0 radical (unpaired) electrons. The second-order valence-electron chi connectivity index (χ2n) is 6.27. The van der Waals surface area contributed by atoms with Crippen molar-refractivity contribution in [3.05, 3.63) is 54.1 Å². The van der Waals surface area contributed by atoms with Crippen molar-refractivity contribution < 1.29 is 14.3 Å². The van der Waals surface area contributed by atoms with Crippen LogP contribution in [0.5, 0.6) is 11.5 Å². The molecule has 120 valence electrons. The molecule has 1 amide bonds. The van der Waals surface area contributed by atoms with Crippen LogP contribution in [-0.2, 0) is 4.79 Å². The molecule has 1 aliphatic rings. The molecular formula is C19H21NO3. The number of anilines is 1. The molecule has 2 aromatic rings. The van der Waals surface area contributed by atoms with Crippen molar-refractivity contribution in [3.8, 4) is 11.5 Å². The maximum absolute atomic E-state index is 12.6. The molecule has 2 aromatic carbocycles. The number of amides is 1. The summed E-state index contributed by atoms with van der Waals surface area (Å²) in [6.07, 6.45) is 0. The Hall–Kier alpha value is -2.49. The van der Waals surface area contributed by atoms with Gasteiger partial charge in [-0.2, -0.15) is 0 Å². The van der Waals surface area contributed by atoms with Gasteiger partial charge in [-0.3, -0.25) is 4.79 Å². The molecule has 0 spiro atoms. The Morgan fingerprint density at radius 3 is 1.83 bits per heavy atom. The lowest BCUT2D eigenvalue weighted by Crippen LogP contribution is -2.61. The van der Waals surface area contributed by atoms with E-state index in [9.17, 15) is 4.79 Å². The van der Waals surface area contributed by atoms with E-state index in [1.54, 1.807) is 14.2 Å². The van der Waals surface area contributed by atoms with Crippen molar-refractivity contribution in [2.75, 3.05) is 19.1 Å². The molecule has 1 heterocycles. The number of rotatable bonds is 4. The molecule has 1 unspecified atom stereocenters. The molecule has 1 fully saturated rings. The van der Waals surface area contributed by atoms with E-state index in [1.165, 1.54) is 0 Å². The number of nitrogens with zero attached hydrogens (tertiary/aromatic N) is 1. The Balaban J connectivity index is 1.95. The molecular weight excluding hydrogens is 290 g/mol. The van der Waals surface area contributed by atoms with Crippen LogP contribution >= 0.6 is 0 Å². The highest BCUT2D eigenvalue weighted by molar-refractivity contribution is 6.05. The second kappa shape index (κ2) is 5.61. The molecule has 0 aromatic heterocycles. The Morgan fingerprint density at radius 2 is 1.35 bits per heavy atom. The van der Waals surface area contributed by atoms with Gasteiger partial charge in [0.1, 0.15) is 11.5 Å². The monoisotopic (exact) mass is 311 g/mol. The van der Waals surface area contributed by atoms with Crippen molar-refractivity contribution in [3.63, 3.8) is 0 Å². The predicted octanol–water partition coefficient (Wildman–Crippen LogP) is 3.82. The lowest BCUT2D eigenvalue weighted by Gasteiger charge is -2.53. The first kappa shape index (κ1) is 15.4. The number of ether oxygens (including phenoxy) is 2. The molecule has 0 aliphatic carbocycles. The van der Waals surface area contributed by atoms with Crippen molar-refractivity contribution in [2.24, 2.45) is 5.41 Å². The molecule has 0 saturated carbocycles. The third-order valence-electron chi connectivity index (χ3n) is 4.49. The third kappa shape index (κ3) is 2.44. The average molecular weight is 311 g/mol. The van der Waals surface area contributed by atoms with Crippen molar-refractivity contribution >= 4 is 11.6 Å². The fourth-order valence-corrected chi connectivity index (χ4v) is 3.16. The van der Waals surface area contributed by atoms with Crippen LogP contribution in [0.3, 0.4) is 0 Å². The largest absolute Gasteiger partial charge is 0.497 e. The van der Waals surface area contributed by atoms with Crippen LogP contribution in [0.25, 0.3) is 0 Å². The average Bonchev–Trinajstić information content (AvgIpc) is 2.59. The van der Waals surface area contributed by atoms with Crippen molar-refractivity contribution in [1.29, 1.82) is 0 Å². The van der Waals surface area contributed by atoms with Crippen LogP contribution in [0.2, 0.25) is 0 Å². The third-order valence-corrected chi connectivity index (χ3v) is 4.49. The van der Waals surface area contributed by atoms with Gasteiger partial charge in [-0.15, -0.1) is 0 Å². The van der Waals surface area contributed by atoms with Gasteiger partial charge in [0.25, 0.3) is 0 Å². The zero-order chi connectivity index (χ0) is 16.6. The summed E-state index contributed by atoms with van der Waals surface area (Å²) in [5.74, 6) is 1.72. The van der Waals surface area contributed by atoms with E-state index in [0.29, 0.717) is 0 Å². The zero-order valence-corrected chi connectivity index (χ0v) is 13.9. The first-order chi connectivity index (χ1) is 11.0. The molecule has 0 bridgehead atoms. The summed E-state index contributed by atoms with van der Waals surface area (Å²) in [6.45, 7) is 3.98. The van der Waals surface area contributed by atoms with Crippen molar-refractivity contribution in [1.82, 2.24) is 0 Å². The summed E-state index contributed by atoms with van der Waals surface area (Å²) in [6, 6.07) is 15.5. The SMILES string of the molecule is COc1ccc(C2N(c3ccc(OC)cc3)C(=O)C2(C)C)cc1. The summed E-state index contributed by atoms with van der Waals surface area (Å²) >= 11 is 0. The van der Waals surface area contributed by atoms with Crippen LogP contribution in [0.4, 0.5) is 5.69 Å². The number of methoxy groups -OCH3 is 2. The molecule has 4 heteroatoms. The second-order valence-corrected chi connectivity index (χ2v) is 6.27. The number of hydrogen-bond donors (Lipinski definition) is 0. The Bertz CT molecular complexity index is 704. The molecule has 1 aliphatic heterocycles. The molecule has 23 heavy (non-hydrogen) atoms. The number of hydrogen-bond acceptors (Lipinski definition) is 3. The molecule has 4 nitrogen and oxygen atoms in total. The number of carbonyl (C=O) groups is 1. The van der Waals surface area contributed by atoms with E-state index in [-0.39, 0.29) is 11.9 Å². The van der Waals surface area contributed by atoms with Gasteiger partial charge in [0.05, 0.1) is 25.7 Å². The van der Waals surface area contributed by atoms with E-state index in [1.807, 2.05) is 67.3 Å². The first-order valence-corrected chi connectivity index (χ1v) is 7.60. The van der Waals surface area contributed by atoms with Gasteiger partial charge < -0.3 is 14.4 Å². The number of carbonyl (C=O) groups excluding carboxylic acids is 1. The number of β-lactam (4-membered cyclic amide) rings is 1. The van der Waals surface area contributed by atoms with Gasteiger partial charge >= 0.3 is 0 Å².